The summed E-state index contributed by atoms with van der Waals surface area (Å²) in [5.74, 6) is 0.169. The highest BCUT2D eigenvalue weighted by molar-refractivity contribution is 6.05. The summed E-state index contributed by atoms with van der Waals surface area (Å²) < 4.78 is 3.10. The Labute approximate surface area is 113 Å². The van der Waals surface area contributed by atoms with Crippen LogP contribution in [0.25, 0.3) is 5.78 Å². The summed E-state index contributed by atoms with van der Waals surface area (Å²) in [6.07, 6.45) is 3.48. The lowest BCUT2D eigenvalue weighted by atomic mass is 10.2. The number of hydrogen-bond donors (Lipinski definition) is 1. The number of fused-ring (bicyclic) bond motifs is 1. The first-order valence-electron chi connectivity index (χ1n) is 6.14. The van der Waals surface area contributed by atoms with Gasteiger partial charge in [-0.15, -0.1) is 0 Å². The molecule has 8 heteroatoms. The van der Waals surface area contributed by atoms with E-state index >= 15 is 0 Å². The number of rotatable bonds is 1. The zero-order valence-corrected chi connectivity index (χ0v) is 11.1. The minimum absolute atomic E-state index is 0.169. The topological polar surface area (TPSA) is 88.7 Å². The Morgan fingerprint density at radius 1 is 1.25 bits per heavy atom. The van der Waals surface area contributed by atoms with E-state index in [1.54, 1.807) is 30.9 Å². The molecule has 0 spiro atoms. The first kappa shape index (κ1) is 12.4. The standard InChI is InChI=1S/C12H13N5O3/c1-7-9(16-4-3-8(18)14-12(16)20)10(19)17-6-5-15(2)11(17)13-7/h5-6H,3-4H2,1-2H3,(H,14,18,20). The molecule has 0 bridgehead atoms. The molecule has 2 aromatic rings. The molecule has 8 nitrogen and oxygen atoms in total. The number of aryl methyl sites for hydroxylation is 2. The van der Waals surface area contributed by atoms with Crippen LogP contribution in [0.3, 0.4) is 0 Å². The average molecular weight is 275 g/mol. The summed E-state index contributed by atoms with van der Waals surface area (Å²) in [6.45, 7) is 1.86. The zero-order chi connectivity index (χ0) is 14.4. The van der Waals surface area contributed by atoms with Crippen molar-refractivity contribution in [3.8, 4) is 0 Å². The molecule has 3 rings (SSSR count). The normalized spacial score (nSPS) is 15.8. The Kier molecular flexibility index (Phi) is 2.60. The number of urea groups is 1. The fourth-order valence-corrected chi connectivity index (χ4v) is 2.32. The molecule has 0 atom stereocenters. The van der Waals surface area contributed by atoms with E-state index in [-0.39, 0.29) is 30.1 Å². The first-order valence-corrected chi connectivity index (χ1v) is 6.14. The zero-order valence-electron chi connectivity index (χ0n) is 11.1. The Morgan fingerprint density at radius 2 is 2.00 bits per heavy atom. The monoisotopic (exact) mass is 275 g/mol. The number of aromatic nitrogens is 3. The van der Waals surface area contributed by atoms with Crippen LogP contribution >= 0.6 is 0 Å². The van der Waals surface area contributed by atoms with Gasteiger partial charge in [0.05, 0.1) is 5.69 Å². The second kappa shape index (κ2) is 4.19. The second-order valence-corrected chi connectivity index (χ2v) is 4.68. The maximum atomic E-state index is 12.5. The average Bonchev–Trinajstić information content (AvgIpc) is 2.74. The van der Waals surface area contributed by atoms with Crippen molar-refractivity contribution in [1.29, 1.82) is 0 Å². The van der Waals surface area contributed by atoms with Gasteiger partial charge in [0.1, 0.15) is 5.69 Å². The van der Waals surface area contributed by atoms with Gasteiger partial charge in [0.25, 0.3) is 5.56 Å². The maximum absolute atomic E-state index is 12.5. The van der Waals surface area contributed by atoms with Gasteiger partial charge < -0.3 is 4.57 Å². The molecule has 0 saturated carbocycles. The summed E-state index contributed by atoms with van der Waals surface area (Å²) in [7, 11) is 1.78. The van der Waals surface area contributed by atoms with Crippen LogP contribution in [0.4, 0.5) is 10.5 Å². The van der Waals surface area contributed by atoms with Crippen molar-refractivity contribution < 1.29 is 9.59 Å². The molecule has 1 saturated heterocycles. The van der Waals surface area contributed by atoms with Crippen molar-refractivity contribution in [2.45, 2.75) is 13.3 Å². The maximum Gasteiger partial charge on any atom is 0.328 e. The molecule has 3 heterocycles. The van der Waals surface area contributed by atoms with E-state index in [1.165, 1.54) is 9.30 Å². The molecule has 3 amide bonds. The van der Waals surface area contributed by atoms with Gasteiger partial charge in [0.15, 0.2) is 0 Å². The van der Waals surface area contributed by atoms with E-state index < -0.39 is 6.03 Å². The number of nitrogens with zero attached hydrogens (tertiary/aromatic N) is 4. The molecule has 0 unspecified atom stereocenters. The number of carbonyl (C=O) groups is 2. The van der Waals surface area contributed by atoms with Gasteiger partial charge in [-0.05, 0) is 6.92 Å². The molecule has 0 aliphatic carbocycles. The van der Waals surface area contributed by atoms with Crippen LogP contribution in [0.2, 0.25) is 0 Å². The van der Waals surface area contributed by atoms with Gasteiger partial charge in [-0.3, -0.25) is 24.2 Å². The molecule has 0 radical (unpaired) electrons. The molecule has 1 aliphatic heterocycles. The van der Waals surface area contributed by atoms with Crippen LogP contribution in [0.15, 0.2) is 17.2 Å². The third kappa shape index (κ3) is 1.68. The largest absolute Gasteiger partial charge is 0.328 e. The minimum atomic E-state index is -0.584. The predicted molar refractivity (Wildman–Crippen MR) is 70.7 cm³/mol. The highest BCUT2D eigenvalue weighted by Crippen LogP contribution is 2.17. The van der Waals surface area contributed by atoms with Gasteiger partial charge in [-0.25, -0.2) is 9.78 Å². The molecule has 0 aromatic carbocycles. The van der Waals surface area contributed by atoms with Crippen molar-refractivity contribution in [1.82, 2.24) is 19.3 Å². The van der Waals surface area contributed by atoms with E-state index in [0.29, 0.717) is 11.5 Å². The van der Waals surface area contributed by atoms with E-state index in [0.717, 1.165) is 0 Å². The van der Waals surface area contributed by atoms with Crippen LogP contribution in [0, 0.1) is 6.92 Å². The van der Waals surface area contributed by atoms with Crippen LogP contribution in [0.1, 0.15) is 12.1 Å². The Balaban J connectivity index is 2.19. The highest BCUT2D eigenvalue weighted by Gasteiger charge is 2.28. The van der Waals surface area contributed by atoms with Gasteiger partial charge >= 0.3 is 6.03 Å². The fourth-order valence-electron chi connectivity index (χ4n) is 2.32. The highest BCUT2D eigenvalue weighted by atomic mass is 16.2. The Bertz CT molecular complexity index is 788. The van der Waals surface area contributed by atoms with Crippen LogP contribution < -0.4 is 15.8 Å². The number of imidazole rings is 1. The number of carbonyl (C=O) groups excluding carboxylic acids is 2. The SMILES string of the molecule is Cc1nc2n(C)ccn2c(=O)c1N1CCC(=O)NC1=O. The number of anilines is 1. The number of amides is 3. The molecule has 1 N–H and O–H groups in total. The quantitative estimate of drug-likeness (QED) is 0.779. The lowest BCUT2D eigenvalue weighted by molar-refractivity contribution is -0.120. The molecule has 1 aliphatic rings. The summed E-state index contributed by atoms with van der Waals surface area (Å²) in [6, 6.07) is -0.584. The minimum Gasteiger partial charge on any atom is -0.320 e. The Morgan fingerprint density at radius 3 is 2.70 bits per heavy atom. The molecule has 2 aromatic heterocycles. The Hall–Kier alpha value is -2.64. The first-order chi connectivity index (χ1) is 9.49. The molecule has 1 fully saturated rings. The third-order valence-electron chi connectivity index (χ3n) is 3.33. The summed E-state index contributed by atoms with van der Waals surface area (Å²) in [4.78, 5) is 41.1. The van der Waals surface area contributed by atoms with Gasteiger partial charge in [0, 0.05) is 32.4 Å². The third-order valence-corrected chi connectivity index (χ3v) is 3.33. The van der Waals surface area contributed by atoms with Crippen LogP contribution in [0.5, 0.6) is 0 Å². The molecule has 104 valence electrons. The number of imide groups is 1. The number of hydrogen-bond acceptors (Lipinski definition) is 4. The lowest BCUT2D eigenvalue weighted by Gasteiger charge is -2.26. The molecular weight excluding hydrogens is 262 g/mol. The van der Waals surface area contributed by atoms with Crippen molar-refractivity contribution >= 4 is 23.4 Å². The van der Waals surface area contributed by atoms with E-state index in [2.05, 4.69) is 10.3 Å². The van der Waals surface area contributed by atoms with E-state index in [9.17, 15) is 14.4 Å². The van der Waals surface area contributed by atoms with Crippen LogP contribution in [-0.2, 0) is 11.8 Å². The van der Waals surface area contributed by atoms with Crippen molar-refractivity contribution in [3.05, 3.63) is 28.4 Å². The van der Waals surface area contributed by atoms with Gasteiger partial charge in [-0.2, -0.15) is 0 Å². The summed E-state index contributed by atoms with van der Waals surface area (Å²) in [5, 5.41) is 2.20. The van der Waals surface area contributed by atoms with Crippen molar-refractivity contribution in [3.63, 3.8) is 0 Å². The van der Waals surface area contributed by atoms with E-state index in [1.807, 2.05) is 0 Å². The van der Waals surface area contributed by atoms with Crippen molar-refractivity contribution in [2.75, 3.05) is 11.4 Å². The molecule has 20 heavy (non-hydrogen) atoms. The second-order valence-electron chi connectivity index (χ2n) is 4.68. The number of nitrogens with one attached hydrogen (secondary N) is 1. The summed E-state index contributed by atoms with van der Waals surface area (Å²) >= 11 is 0. The van der Waals surface area contributed by atoms with E-state index in [4.69, 9.17) is 0 Å². The van der Waals surface area contributed by atoms with Gasteiger partial charge in [-0.1, -0.05) is 0 Å². The van der Waals surface area contributed by atoms with Crippen molar-refractivity contribution in [2.24, 2.45) is 7.05 Å². The summed E-state index contributed by atoms with van der Waals surface area (Å²) in [5.41, 5.74) is 0.345. The predicted octanol–water partition coefficient (Wildman–Crippen LogP) is -0.212. The van der Waals surface area contributed by atoms with Crippen LogP contribution in [-0.4, -0.2) is 32.4 Å². The smallest absolute Gasteiger partial charge is 0.320 e. The lowest BCUT2D eigenvalue weighted by Crippen LogP contribution is -2.51. The fraction of sp³-hybridized carbons (Fsp3) is 0.333. The molecular formula is C12H13N5O3. The van der Waals surface area contributed by atoms with Gasteiger partial charge in [0.2, 0.25) is 11.7 Å².